The highest BCUT2D eigenvalue weighted by molar-refractivity contribution is 8.18. The van der Waals surface area contributed by atoms with Crippen molar-refractivity contribution < 1.29 is 29.7 Å². The molecule has 126 valence electrons. The minimum atomic E-state index is -3.07. The number of carbonyl (C=O) groups is 3. The number of carbonyl (C=O) groups excluding carboxylic acids is 3. The summed E-state index contributed by atoms with van der Waals surface area (Å²) in [6.07, 6.45) is 0. The Hall–Kier alpha value is -2.32. The molecule has 1 unspecified atom stereocenters. The molecule has 6 nitrogen and oxygen atoms in total. The summed E-state index contributed by atoms with van der Waals surface area (Å²) in [5, 5.41) is 32.7. The maximum absolute atomic E-state index is 12.3. The minimum Gasteiger partial charge on any atom is -0.370 e. The van der Waals surface area contributed by atoms with Crippen molar-refractivity contribution in [3.05, 3.63) is 46.8 Å². The number of rotatable bonds is 1. The van der Waals surface area contributed by atoms with Crippen LogP contribution in [0.2, 0.25) is 0 Å². The number of benzene rings is 2. The van der Waals surface area contributed by atoms with Crippen molar-refractivity contribution in [2.75, 3.05) is 0 Å². The molecule has 0 bridgehead atoms. The van der Waals surface area contributed by atoms with Crippen LogP contribution in [0.3, 0.4) is 0 Å². The second-order valence-corrected chi connectivity index (χ2v) is 7.25. The second kappa shape index (κ2) is 4.86. The van der Waals surface area contributed by atoms with Gasteiger partial charge in [0.1, 0.15) is 0 Å². The van der Waals surface area contributed by atoms with Crippen LogP contribution in [0.25, 0.3) is 21.9 Å². The smallest absolute Gasteiger partial charge is 0.263 e. The summed E-state index contributed by atoms with van der Waals surface area (Å²) in [6, 6.07) is 10.2. The maximum Gasteiger partial charge on any atom is 0.263 e. The van der Waals surface area contributed by atoms with Crippen LogP contribution in [0.15, 0.2) is 36.4 Å². The summed E-state index contributed by atoms with van der Waals surface area (Å²) in [7, 11) is 0. The maximum atomic E-state index is 12.3. The van der Waals surface area contributed by atoms with E-state index in [4.69, 9.17) is 0 Å². The lowest BCUT2D eigenvalue weighted by Gasteiger charge is -2.38. The summed E-state index contributed by atoms with van der Waals surface area (Å²) >= 11 is 0.114. The van der Waals surface area contributed by atoms with Crippen LogP contribution in [0, 0.1) is 0 Å². The van der Waals surface area contributed by atoms with Gasteiger partial charge in [0.2, 0.25) is 16.5 Å². The van der Waals surface area contributed by atoms with Crippen molar-refractivity contribution in [1.82, 2.24) is 0 Å². The molecule has 1 aliphatic carbocycles. The average Bonchev–Trinajstić information content (AvgIpc) is 2.77. The highest BCUT2D eigenvalue weighted by Gasteiger charge is 2.65. The van der Waals surface area contributed by atoms with Crippen LogP contribution in [-0.4, -0.2) is 42.7 Å². The van der Waals surface area contributed by atoms with Gasteiger partial charge in [-0.05, 0) is 52.0 Å². The Bertz CT molecular complexity index is 1130. The van der Waals surface area contributed by atoms with Gasteiger partial charge in [0, 0.05) is 0 Å². The van der Waals surface area contributed by atoms with Gasteiger partial charge in [-0.25, -0.2) is 0 Å². The molecule has 25 heavy (non-hydrogen) atoms. The number of Topliss-reactive ketones (excluding diaryl/α,β-unsaturated/α-hetero) is 2. The summed E-state index contributed by atoms with van der Waals surface area (Å²) in [4.78, 5) is 33.7. The molecule has 0 aromatic heterocycles. The van der Waals surface area contributed by atoms with Crippen molar-refractivity contribution in [2.45, 2.75) is 17.6 Å². The Morgan fingerprint density at radius 3 is 2.12 bits per heavy atom. The molecular weight excluding hydrogens is 344 g/mol. The molecule has 1 heterocycles. The Kier molecular flexibility index (Phi) is 3.14. The van der Waals surface area contributed by atoms with Gasteiger partial charge < -0.3 is 15.3 Å². The standard InChI is InChI=1S/C18H12O6S/c1-8(19)13-11-6-9-4-2-3-5-10(9)7-12(11)14-15(20)16(21)25-18(14,24)17(13,22)23/h2-7,22-24H,1H3. The lowest BCUT2D eigenvalue weighted by atomic mass is 9.81. The van der Waals surface area contributed by atoms with E-state index in [-0.39, 0.29) is 22.2 Å². The third-order valence-electron chi connectivity index (χ3n) is 4.59. The molecule has 2 aromatic rings. The molecule has 1 atom stereocenters. The van der Waals surface area contributed by atoms with Crippen LogP contribution >= 0.6 is 11.8 Å². The fraction of sp³-hybridized carbons (Fsp3) is 0.167. The fourth-order valence-corrected chi connectivity index (χ4v) is 4.50. The predicted molar refractivity (Wildman–Crippen MR) is 90.4 cm³/mol. The molecule has 1 saturated heterocycles. The average molecular weight is 356 g/mol. The monoisotopic (exact) mass is 356 g/mol. The zero-order valence-electron chi connectivity index (χ0n) is 12.9. The Labute approximate surface area is 145 Å². The first-order chi connectivity index (χ1) is 11.7. The van der Waals surface area contributed by atoms with Crippen molar-refractivity contribution in [3.8, 4) is 0 Å². The fourth-order valence-electron chi connectivity index (χ4n) is 3.48. The van der Waals surface area contributed by atoms with Gasteiger partial charge in [0.05, 0.1) is 11.1 Å². The topological polar surface area (TPSA) is 112 Å². The molecule has 1 aliphatic heterocycles. The molecule has 0 radical (unpaired) electrons. The number of thioether (sulfide) groups is 1. The molecular formula is C18H12O6S. The summed E-state index contributed by atoms with van der Waals surface area (Å²) in [5.41, 5.74) is -0.854. The van der Waals surface area contributed by atoms with E-state index in [0.29, 0.717) is 5.39 Å². The number of hydrogen-bond acceptors (Lipinski definition) is 7. The van der Waals surface area contributed by atoms with Crippen molar-refractivity contribution in [1.29, 1.82) is 0 Å². The largest absolute Gasteiger partial charge is 0.370 e. The molecule has 0 spiro atoms. The Balaban J connectivity index is 2.35. The lowest BCUT2D eigenvalue weighted by molar-refractivity contribution is -0.179. The third-order valence-corrected chi connectivity index (χ3v) is 5.74. The molecule has 0 amide bonds. The van der Waals surface area contributed by atoms with E-state index >= 15 is 0 Å². The summed E-state index contributed by atoms with van der Waals surface area (Å²) in [6.45, 7) is 1.13. The first-order valence-electron chi connectivity index (χ1n) is 7.42. The predicted octanol–water partition coefficient (Wildman–Crippen LogP) is -1.04. The van der Waals surface area contributed by atoms with E-state index in [1.165, 1.54) is 0 Å². The number of ketones is 2. The van der Waals surface area contributed by atoms with Crippen molar-refractivity contribution in [3.63, 3.8) is 0 Å². The normalized spacial score (nSPS) is 24.5. The number of hydrogen-bond donors (Lipinski definition) is 3. The molecule has 7 heteroatoms. The van der Waals surface area contributed by atoms with Gasteiger partial charge in [-0.15, -0.1) is 0 Å². The van der Waals surface area contributed by atoms with E-state index in [1.54, 1.807) is 36.4 Å². The first kappa shape index (κ1) is 16.2. The summed E-state index contributed by atoms with van der Waals surface area (Å²) in [5.74, 6) is -4.75. The molecule has 1 fully saturated rings. The quantitative estimate of drug-likeness (QED) is 0.442. The van der Waals surface area contributed by atoms with Crippen molar-refractivity contribution in [2.24, 2.45) is 0 Å². The van der Waals surface area contributed by atoms with Crippen LogP contribution in [-0.2, 0) is 14.4 Å². The zero-order chi connectivity index (χ0) is 18.1. The molecule has 4 rings (SSSR count). The van der Waals surface area contributed by atoms with E-state index in [9.17, 15) is 29.7 Å². The Morgan fingerprint density at radius 1 is 1.00 bits per heavy atom. The van der Waals surface area contributed by atoms with Gasteiger partial charge in [0.25, 0.3) is 5.12 Å². The van der Waals surface area contributed by atoms with Crippen LogP contribution in [0.5, 0.6) is 0 Å². The highest BCUT2D eigenvalue weighted by Crippen LogP contribution is 2.50. The highest BCUT2D eigenvalue weighted by atomic mass is 32.2. The van der Waals surface area contributed by atoms with E-state index < -0.39 is 38.5 Å². The SMILES string of the molecule is CC(=O)C1=c2cc3ccccc3cc2=C2C(=O)C(=O)SC2(O)C1(O)O. The van der Waals surface area contributed by atoms with Crippen LogP contribution in [0.1, 0.15) is 6.92 Å². The number of fused-ring (bicyclic) bond motifs is 3. The molecule has 0 saturated carbocycles. The molecule has 2 aromatic carbocycles. The summed E-state index contributed by atoms with van der Waals surface area (Å²) < 4.78 is 0. The van der Waals surface area contributed by atoms with Gasteiger partial charge >= 0.3 is 0 Å². The van der Waals surface area contributed by atoms with Gasteiger partial charge in [-0.1, -0.05) is 24.3 Å². The minimum absolute atomic E-state index is 0.114. The van der Waals surface area contributed by atoms with E-state index in [1.807, 2.05) is 0 Å². The number of aliphatic hydroxyl groups is 3. The lowest BCUT2D eigenvalue weighted by Crippen LogP contribution is -2.61. The van der Waals surface area contributed by atoms with Crippen LogP contribution < -0.4 is 10.4 Å². The van der Waals surface area contributed by atoms with Gasteiger partial charge in [0.15, 0.2) is 5.78 Å². The molecule has 3 N–H and O–H groups in total. The zero-order valence-corrected chi connectivity index (χ0v) is 13.8. The van der Waals surface area contributed by atoms with E-state index in [2.05, 4.69) is 0 Å². The van der Waals surface area contributed by atoms with Gasteiger partial charge in [-0.2, -0.15) is 0 Å². The molecule has 2 aliphatic rings. The van der Waals surface area contributed by atoms with Crippen LogP contribution in [0.4, 0.5) is 0 Å². The Morgan fingerprint density at radius 2 is 1.56 bits per heavy atom. The first-order valence-corrected chi connectivity index (χ1v) is 8.24. The van der Waals surface area contributed by atoms with E-state index in [0.717, 1.165) is 12.3 Å². The van der Waals surface area contributed by atoms with Crippen molar-refractivity contribution >= 4 is 50.4 Å². The van der Waals surface area contributed by atoms with Gasteiger partial charge in [-0.3, -0.25) is 14.4 Å². The third kappa shape index (κ3) is 1.89. The second-order valence-electron chi connectivity index (χ2n) is 6.09.